The summed E-state index contributed by atoms with van der Waals surface area (Å²) in [7, 11) is 0. The van der Waals surface area contributed by atoms with Gasteiger partial charge in [-0.05, 0) is 31.0 Å². The number of carbonyl (C=O) groups is 2. The van der Waals surface area contributed by atoms with Gasteiger partial charge < -0.3 is 10.6 Å². The molecule has 1 atom stereocenters. The summed E-state index contributed by atoms with van der Waals surface area (Å²) in [6, 6.07) is 7.55. The molecule has 0 heterocycles. The fraction of sp³-hybridized carbons (Fsp3) is 0.467. The molecule has 0 bridgehead atoms. The second-order valence-electron chi connectivity index (χ2n) is 5.15. The molecule has 6 heteroatoms. The van der Waals surface area contributed by atoms with E-state index >= 15 is 0 Å². The Balaban J connectivity index is 2.26. The molecule has 1 rings (SSSR count). The van der Waals surface area contributed by atoms with E-state index in [1.807, 2.05) is 31.2 Å². The van der Waals surface area contributed by atoms with Crippen molar-refractivity contribution in [3.63, 3.8) is 0 Å². The third kappa shape index (κ3) is 7.52. The highest BCUT2D eigenvalue weighted by Crippen LogP contribution is 2.15. The minimum atomic E-state index is -0.109. The van der Waals surface area contributed by atoms with Gasteiger partial charge in [0.15, 0.2) is 0 Å². The highest BCUT2D eigenvalue weighted by atomic mass is 79.9. The fourth-order valence-electron chi connectivity index (χ4n) is 1.46. The lowest BCUT2D eigenvalue weighted by Gasteiger charge is -2.17. The predicted molar refractivity (Wildman–Crippen MR) is 92.5 cm³/mol. The third-order valence-electron chi connectivity index (χ3n) is 2.96. The topological polar surface area (TPSA) is 58.2 Å². The van der Waals surface area contributed by atoms with Gasteiger partial charge in [-0.15, -0.1) is 11.8 Å². The molecular formula is C15H21BrN2O2S. The zero-order valence-electron chi connectivity index (χ0n) is 12.5. The van der Waals surface area contributed by atoms with Gasteiger partial charge in [0.05, 0.1) is 11.5 Å². The van der Waals surface area contributed by atoms with Crippen LogP contribution in [0, 0.1) is 5.92 Å². The number of amides is 2. The van der Waals surface area contributed by atoms with Crippen molar-refractivity contribution < 1.29 is 9.59 Å². The highest BCUT2D eigenvalue weighted by Gasteiger charge is 2.11. The Hall–Kier alpha value is -1.01. The van der Waals surface area contributed by atoms with Gasteiger partial charge in [0.25, 0.3) is 0 Å². The molecule has 0 radical (unpaired) electrons. The van der Waals surface area contributed by atoms with E-state index in [4.69, 9.17) is 0 Å². The van der Waals surface area contributed by atoms with Crippen molar-refractivity contribution >= 4 is 45.2 Å². The van der Waals surface area contributed by atoms with Crippen molar-refractivity contribution in [3.05, 3.63) is 28.7 Å². The van der Waals surface area contributed by atoms with Crippen molar-refractivity contribution in [3.8, 4) is 0 Å². The number of halogens is 1. The molecule has 1 aromatic carbocycles. The third-order valence-corrected chi connectivity index (χ3v) is 4.39. The van der Waals surface area contributed by atoms with Gasteiger partial charge in [-0.2, -0.15) is 0 Å². The molecule has 2 N–H and O–H groups in total. The second kappa shape index (κ2) is 9.10. The van der Waals surface area contributed by atoms with Crippen LogP contribution in [-0.4, -0.2) is 29.4 Å². The smallest absolute Gasteiger partial charge is 0.234 e. The van der Waals surface area contributed by atoms with Gasteiger partial charge in [0, 0.05) is 16.2 Å². The van der Waals surface area contributed by atoms with E-state index in [1.54, 1.807) is 0 Å². The van der Waals surface area contributed by atoms with Gasteiger partial charge >= 0.3 is 0 Å². The normalized spacial score (nSPS) is 12.0. The van der Waals surface area contributed by atoms with Gasteiger partial charge in [-0.3, -0.25) is 9.59 Å². The van der Waals surface area contributed by atoms with Crippen molar-refractivity contribution in [1.82, 2.24) is 5.32 Å². The lowest BCUT2D eigenvalue weighted by molar-refractivity contribution is -0.119. The second-order valence-corrected chi connectivity index (χ2v) is 7.05. The Bertz CT molecular complexity index is 494. The summed E-state index contributed by atoms with van der Waals surface area (Å²) in [6.07, 6.45) is 0. The summed E-state index contributed by atoms with van der Waals surface area (Å²) in [6.45, 7) is 6.10. The number of rotatable bonds is 7. The lowest BCUT2D eigenvalue weighted by atomic mass is 10.1. The van der Waals surface area contributed by atoms with E-state index in [1.165, 1.54) is 11.8 Å². The van der Waals surface area contributed by atoms with Crippen LogP contribution in [0.3, 0.4) is 0 Å². The number of benzene rings is 1. The molecule has 1 unspecified atom stereocenters. The Morgan fingerprint density at radius 1 is 1.19 bits per heavy atom. The van der Waals surface area contributed by atoms with E-state index in [9.17, 15) is 9.59 Å². The van der Waals surface area contributed by atoms with Crippen LogP contribution in [-0.2, 0) is 9.59 Å². The maximum absolute atomic E-state index is 11.8. The van der Waals surface area contributed by atoms with Gasteiger partial charge in [-0.1, -0.05) is 35.8 Å². The van der Waals surface area contributed by atoms with Crippen LogP contribution in [0.2, 0.25) is 0 Å². The maximum atomic E-state index is 11.8. The molecule has 0 aliphatic carbocycles. The van der Waals surface area contributed by atoms with Crippen molar-refractivity contribution in [2.24, 2.45) is 5.92 Å². The zero-order valence-corrected chi connectivity index (χ0v) is 14.9. The Kier molecular flexibility index (Phi) is 7.82. The van der Waals surface area contributed by atoms with Crippen molar-refractivity contribution in [2.45, 2.75) is 26.8 Å². The summed E-state index contributed by atoms with van der Waals surface area (Å²) in [5.41, 5.74) is 0.743. The van der Waals surface area contributed by atoms with Crippen LogP contribution >= 0.6 is 27.7 Å². The minimum Gasteiger partial charge on any atom is -0.353 e. The first-order chi connectivity index (χ1) is 9.88. The van der Waals surface area contributed by atoms with Crippen LogP contribution in [0.15, 0.2) is 28.7 Å². The molecule has 0 saturated carbocycles. The number of anilines is 1. The average Bonchev–Trinajstić information content (AvgIpc) is 2.38. The molecule has 0 fully saturated rings. The largest absolute Gasteiger partial charge is 0.353 e. The SMILES string of the molecule is CC(C)C(C)NC(=O)CSCC(=O)Nc1cccc(Br)c1. The van der Waals surface area contributed by atoms with Crippen molar-refractivity contribution in [1.29, 1.82) is 0 Å². The summed E-state index contributed by atoms with van der Waals surface area (Å²) < 4.78 is 0.912. The molecule has 4 nitrogen and oxygen atoms in total. The Labute approximate surface area is 138 Å². The van der Waals surface area contributed by atoms with Gasteiger partial charge in [0.1, 0.15) is 0 Å². The lowest BCUT2D eigenvalue weighted by Crippen LogP contribution is -2.37. The van der Waals surface area contributed by atoms with Crippen LogP contribution in [0.1, 0.15) is 20.8 Å². The van der Waals surface area contributed by atoms with E-state index in [-0.39, 0.29) is 23.6 Å². The Morgan fingerprint density at radius 2 is 1.86 bits per heavy atom. The quantitative estimate of drug-likeness (QED) is 0.771. The molecular weight excluding hydrogens is 352 g/mol. The minimum absolute atomic E-state index is 0.0311. The van der Waals surface area contributed by atoms with E-state index in [2.05, 4.69) is 40.4 Å². The van der Waals surface area contributed by atoms with Crippen LogP contribution in [0.5, 0.6) is 0 Å². The molecule has 0 aliphatic heterocycles. The Morgan fingerprint density at radius 3 is 2.48 bits per heavy atom. The van der Waals surface area contributed by atoms with E-state index in [0.717, 1.165) is 10.2 Å². The molecule has 0 aliphatic rings. The molecule has 2 amide bonds. The molecule has 116 valence electrons. The monoisotopic (exact) mass is 372 g/mol. The predicted octanol–water partition coefficient (Wildman–Crippen LogP) is 3.28. The standard InChI is InChI=1S/C15H21BrN2O2S/c1-10(2)11(3)17-14(19)8-21-9-15(20)18-13-6-4-5-12(16)7-13/h4-7,10-11H,8-9H2,1-3H3,(H,17,19)(H,18,20). The van der Waals surface area contributed by atoms with E-state index in [0.29, 0.717) is 11.7 Å². The fourth-order valence-corrected chi connectivity index (χ4v) is 2.49. The highest BCUT2D eigenvalue weighted by molar-refractivity contribution is 9.10. The maximum Gasteiger partial charge on any atom is 0.234 e. The van der Waals surface area contributed by atoms with Crippen LogP contribution < -0.4 is 10.6 Å². The summed E-state index contributed by atoms with van der Waals surface area (Å²) in [5.74, 6) is 0.817. The zero-order chi connectivity index (χ0) is 15.8. The first-order valence-corrected chi connectivity index (χ1v) is 8.75. The number of carbonyl (C=O) groups excluding carboxylic acids is 2. The average molecular weight is 373 g/mol. The molecule has 21 heavy (non-hydrogen) atoms. The summed E-state index contributed by atoms with van der Waals surface area (Å²) >= 11 is 4.66. The first-order valence-electron chi connectivity index (χ1n) is 6.81. The van der Waals surface area contributed by atoms with Crippen molar-refractivity contribution in [2.75, 3.05) is 16.8 Å². The molecule has 0 spiro atoms. The first kappa shape index (κ1) is 18.0. The van der Waals surface area contributed by atoms with Crippen LogP contribution in [0.4, 0.5) is 5.69 Å². The van der Waals surface area contributed by atoms with Gasteiger partial charge in [-0.25, -0.2) is 0 Å². The number of hydrogen-bond acceptors (Lipinski definition) is 3. The van der Waals surface area contributed by atoms with Crippen LogP contribution in [0.25, 0.3) is 0 Å². The summed E-state index contributed by atoms with van der Waals surface area (Å²) in [5, 5.41) is 5.71. The van der Waals surface area contributed by atoms with E-state index < -0.39 is 0 Å². The molecule has 0 saturated heterocycles. The summed E-state index contributed by atoms with van der Waals surface area (Å²) in [4.78, 5) is 23.4. The molecule has 1 aromatic rings. The number of thioether (sulfide) groups is 1. The number of hydrogen-bond donors (Lipinski definition) is 2. The van der Waals surface area contributed by atoms with Gasteiger partial charge in [0.2, 0.25) is 11.8 Å². The number of nitrogens with one attached hydrogen (secondary N) is 2. The molecule has 0 aromatic heterocycles.